The molecule has 2 aromatic rings. The van der Waals surface area contributed by atoms with Crippen molar-refractivity contribution in [3.8, 4) is 11.5 Å². The molecule has 2 aromatic carbocycles. The monoisotopic (exact) mass is 364 g/mol. The second-order valence-electron chi connectivity index (χ2n) is 5.31. The summed E-state index contributed by atoms with van der Waals surface area (Å²) in [7, 11) is 1.99. The highest BCUT2D eigenvalue weighted by molar-refractivity contribution is 7.89. The van der Waals surface area contributed by atoms with Crippen LogP contribution in [0.2, 0.25) is 0 Å². The van der Waals surface area contributed by atoms with Crippen LogP contribution in [-0.2, 0) is 10.0 Å². The summed E-state index contributed by atoms with van der Waals surface area (Å²) in [6.45, 7) is 0. The lowest BCUT2D eigenvalue weighted by Gasteiger charge is -2.16. The summed E-state index contributed by atoms with van der Waals surface area (Å²) in [6.07, 6.45) is 0. The molecule has 0 atom stereocenters. The first-order valence-corrected chi connectivity index (χ1v) is 8.80. The molecule has 0 aliphatic rings. The quantitative estimate of drug-likeness (QED) is 0.849. The zero-order valence-electron chi connectivity index (χ0n) is 14.4. The van der Waals surface area contributed by atoms with Gasteiger partial charge in [0.05, 0.1) is 19.8 Å². The molecule has 0 aliphatic carbocycles. The SMILES string of the molecule is COc1ccccc1C(=O)Nc1ccc(OC)c(S(=O)(=O)N(C)C)c1. The predicted octanol–water partition coefficient (Wildman–Crippen LogP) is 2.21. The molecule has 25 heavy (non-hydrogen) atoms. The Kier molecular flexibility index (Phi) is 5.66. The molecule has 0 saturated carbocycles. The van der Waals surface area contributed by atoms with Gasteiger partial charge in [-0.1, -0.05) is 12.1 Å². The number of sulfonamides is 1. The number of benzene rings is 2. The van der Waals surface area contributed by atoms with Gasteiger partial charge in [0.1, 0.15) is 16.4 Å². The van der Waals surface area contributed by atoms with Crippen molar-refractivity contribution in [1.82, 2.24) is 4.31 Å². The Labute approximate surface area is 147 Å². The molecule has 0 saturated heterocycles. The first kappa shape index (κ1) is 18.8. The average molecular weight is 364 g/mol. The molecule has 2 rings (SSSR count). The average Bonchev–Trinajstić information content (AvgIpc) is 2.61. The maximum Gasteiger partial charge on any atom is 0.259 e. The van der Waals surface area contributed by atoms with Crippen LogP contribution in [0, 0.1) is 0 Å². The Balaban J connectivity index is 2.40. The number of anilines is 1. The van der Waals surface area contributed by atoms with E-state index in [0.717, 1.165) is 4.31 Å². The minimum Gasteiger partial charge on any atom is -0.496 e. The lowest BCUT2D eigenvalue weighted by Crippen LogP contribution is -2.23. The van der Waals surface area contributed by atoms with E-state index in [9.17, 15) is 13.2 Å². The molecule has 0 heterocycles. The number of rotatable bonds is 6. The van der Waals surface area contributed by atoms with Crippen LogP contribution in [0.5, 0.6) is 11.5 Å². The Bertz CT molecular complexity index is 878. The van der Waals surface area contributed by atoms with Gasteiger partial charge in [0.25, 0.3) is 5.91 Å². The third-order valence-electron chi connectivity index (χ3n) is 3.53. The van der Waals surface area contributed by atoms with Crippen LogP contribution in [0.1, 0.15) is 10.4 Å². The summed E-state index contributed by atoms with van der Waals surface area (Å²) in [5.41, 5.74) is 0.676. The Morgan fingerprint density at radius 2 is 1.64 bits per heavy atom. The van der Waals surface area contributed by atoms with Crippen molar-refractivity contribution >= 4 is 21.6 Å². The number of hydrogen-bond acceptors (Lipinski definition) is 5. The molecule has 0 bridgehead atoms. The number of ether oxygens (including phenoxy) is 2. The fraction of sp³-hybridized carbons (Fsp3) is 0.235. The second kappa shape index (κ2) is 7.54. The van der Waals surface area contributed by atoms with Crippen LogP contribution in [0.4, 0.5) is 5.69 Å². The topological polar surface area (TPSA) is 84.9 Å². The maximum absolute atomic E-state index is 12.5. The Morgan fingerprint density at radius 3 is 2.24 bits per heavy atom. The lowest BCUT2D eigenvalue weighted by atomic mass is 10.2. The highest BCUT2D eigenvalue weighted by Gasteiger charge is 2.23. The molecule has 0 aromatic heterocycles. The third-order valence-corrected chi connectivity index (χ3v) is 5.37. The van der Waals surface area contributed by atoms with Crippen LogP contribution in [0.25, 0.3) is 0 Å². The summed E-state index contributed by atoms with van der Waals surface area (Å²) in [6, 6.07) is 11.2. The molecule has 1 N–H and O–H groups in total. The fourth-order valence-corrected chi connectivity index (χ4v) is 3.26. The van der Waals surface area contributed by atoms with Crippen LogP contribution in [0.15, 0.2) is 47.4 Å². The van der Waals surface area contributed by atoms with Gasteiger partial charge in [-0.25, -0.2) is 12.7 Å². The Hall–Kier alpha value is -2.58. The van der Waals surface area contributed by atoms with Crippen LogP contribution in [-0.4, -0.2) is 46.9 Å². The largest absolute Gasteiger partial charge is 0.496 e. The third kappa shape index (κ3) is 3.92. The number of para-hydroxylation sites is 1. The number of methoxy groups -OCH3 is 2. The van der Waals surface area contributed by atoms with Gasteiger partial charge in [-0.15, -0.1) is 0 Å². The van der Waals surface area contributed by atoms with Crippen molar-refractivity contribution in [2.24, 2.45) is 0 Å². The van der Waals surface area contributed by atoms with Crippen molar-refractivity contribution in [3.63, 3.8) is 0 Å². The van der Waals surface area contributed by atoms with Gasteiger partial charge in [0.2, 0.25) is 10.0 Å². The van der Waals surface area contributed by atoms with Gasteiger partial charge < -0.3 is 14.8 Å². The summed E-state index contributed by atoms with van der Waals surface area (Å²) in [5, 5.41) is 2.68. The minimum atomic E-state index is -3.72. The molecule has 0 radical (unpaired) electrons. The van der Waals surface area contributed by atoms with Gasteiger partial charge in [-0.05, 0) is 30.3 Å². The van der Waals surface area contributed by atoms with Crippen molar-refractivity contribution in [2.45, 2.75) is 4.90 Å². The summed E-state index contributed by atoms with van der Waals surface area (Å²) < 4.78 is 36.2. The van der Waals surface area contributed by atoms with Gasteiger partial charge >= 0.3 is 0 Å². The highest BCUT2D eigenvalue weighted by Crippen LogP contribution is 2.29. The van der Waals surface area contributed by atoms with E-state index in [1.807, 2.05) is 0 Å². The first-order chi connectivity index (χ1) is 11.8. The van der Waals surface area contributed by atoms with Gasteiger partial charge in [-0.2, -0.15) is 0 Å². The van der Waals surface area contributed by atoms with E-state index >= 15 is 0 Å². The molecular formula is C17H20N2O5S. The van der Waals surface area contributed by atoms with Crippen molar-refractivity contribution in [1.29, 1.82) is 0 Å². The van der Waals surface area contributed by atoms with E-state index in [4.69, 9.17) is 9.47 Å². The molecule has 0 spiro atoms. The lowest BCUT2D eigenvalue weighted by molar-refractivity contribution is 0.102. The molecule has 0 unspecified atom stereocenters. The van der Waals surface area contributed by atoms with Crippen LogP contribution in [0.3, 0.4) is 0 Å². The molecular weight excluding hydrogens is 344 g/mol. The molecule has 7 nitrogen and oxygen atoms in total. The molecule has 1 amide bonds. The zero-order chi connectivity index (χ0) is 18.6. The second-order valence-corrected chi connectivity index (χ2v) is 7.43. The molecule has 8 heteroatoms. The van der Waals surface area contributed by atoms with Gasteiger partial charge in [-0.3, -0.25) is 4.79 Å². The van der Waals surface area contributed by atoms with Crippen LogP contribution >= 0.6 is 0 Å². The molecule has 0 fully saturated rings. The van der Waals surface area contributed by atoms with E-state index in [2.05, 4.69) is 5.32 Å². The summed E-state index contributed by atoms with van der Waals surface area (Å²) >= 11 is 0. The summed E-state index contributed by atoms with van der Waals surface area (Å²) in [5.74, 6) is 0.217. The van der Waals surface area contributed by atoms with E-state index in [-0.39, 0.29) is 10.6 Å². The zero-order valence-corrected chi connectivity index (χ0v) is 15.3. The number of carbonyl (C=O) groups excluding carboxylic acids is 1. The van der Waals surface area contributed by atoms with E-state index in [1.54, 1.807) is 30.3 Å². The normalized spacial score (nSPS) is 11.2. The molecule has 0 aliphatic heterocycles. The maximum atomic E-state index is 12.5. The van der Waals surface area contributed by atoms with E-state index in [1.165, 1.54) is 40.4 Å². The number of nitrogens with one attached hydrogen (secondary N) is 1. The smallest absolute Gasteiger partial charge is 0.259 e. The van der Waals surface area contributed by atoms with Gasteiger partial charge in [0.15, 0.2) is 0 Å². The van der Waals surface area contributed by atoms with Crippen LogP contribution < -0.4 is 14.8 Å². The van der Waals surface area contributed by atoms with E-state index in [0.29, 0.717) is 17.0 Å². The number of amides is 1. The van der Waals surface area contributed by atoms with Crippen molar-refractivity contribution < 1.29 is 22.7 Å². The summed E-state index contributed by atoms with van der Waals surface area (Å²) in [4.78, 5) is 12.4. The number of hydrogen-bond donors (Lipinski definition) is 1. The van der Waals surface area contributed by atoms with E-state index < -0.39 is 15.9 Å². The molecule has 134 valence electrons. The van der Waals surface area contributed by atoms with Crippen molar-refractivity contribution in [3.05, 3.63) is 48.0 Å². The van der Waals surface area contributed by atoms with Gasteiger partial charge in [0, 0.05) is 19.8 Å². The minimum absolute atomic E-state index is 0.0298. The number of carbonyl (C=O) groups is 1. The first-order valence-electron chi connectivity index (χ1n) is 7.36. The Morgan fingerprint density at radius 1 is 1.00 bits per heavy atom. The predicted molar refractivity (Wildman–Crippen MR) is 94.8 cm³/mol. The standard InChI is InChI=1S/C17H20N2O5S/c1-19(2)25(21,22)16-11-12(9-10-15(16)24-4)18-17(20)13-7-5-6-8-14(13)23-3/h5-11H,1-4H3,(H,18,20). The number of nitrogens with zero attached hydrogens (tertiary/aromatic N) is 1. The fourth-order valence-electron chi connectivity index (χ4n) is 2.18. The van der Waals surface area contributed by atoms with Crippen molar-refractivity contribution in [2.75, 3.05) is 33.6 Å². The highest BCUT2D eigenvalue weighted by atomic mass is 32.2.